The number of nitrogens with zero attached hydrogens (tertiary/aromatic N) is 2. The van der Waals surface area contributed by atoms with Gasteiger partial charge in [0.25, 0.3) is 0 Å². The number of carboxylic acids is 1. The van der Waals surface area contributed by atoms with Crippen LogP contribution in [0.1, 0.15) is 20.3 Å². The van der Waals surface area contributed by atoms with E-state index in [4.69, 9.17) is 5.11 Å². The Morgan fingerprint density at radius 3 is 2.50 bits per heavy atom. The van der Waals surface area contributed by atoms with E-state index in [2.05, 4.69) is 9.97 Å². The van der Waals surface area contributed by atoms with Crippen molar-refractivity contribution in [2.75, 3.05) is 0 Å². The van der Waals surface area contributed by atoms with Gasteiger partial charge >= 0.3 is 5.97 Å². The average molecular weight is 234 g/mol. The summed E-state index contributed by atoms with van der Waals surface area (Å²) >= 11 is 1.30. The minimum absolute atomic E-state index is 0.240. The number of thiophene rings is 1. The van der Waals surface area contributed by atoms with Gasteiger partial charge in [-0.05, 0) is 12.1 Å². The lowest BCUT2D eigenvalue weighted by molar-refractivity contribution is 0.0683. The highest BCUT2D eigenvalue weighted by Gasteiger charge is 2.07. The lowest BCUT2D eigenvalue weighted by atomic mass is 10.3. The SMILES string of the molecule is O=Cc1ccc(-c2cnc(C(=O)O)nc2)s1. The molecule has 0 saturated heterocycles. The summed E-state index contributed by atoms with van der Waals surface area (Å²) in [5, 5.41) is 8.62. The second-order valence-electron chi connectivity index (χ2n) is 2.92. The average Bonchev–Trinajstić information content (AvgIpc) is 2.77. The molecule has 0 aliphatic heterocycles. The Morgan fingerprint density at radius 2 is 2.00 bits per heavy atom. The van der Waals surface area contributed by atoms with Crippen LogP contribution in [-0.2, 0) is 0 Å². The van der Waals surface area contributed by atoms with Crippen LogP contribution < -0.4 is 0 Å². The molecule has 0 fully saturated rings. The van der Waals surface area contributed by atoms with Crippen molar-refractivity contribution >= 4 is 23.6 Å². The highest BCUT2D eigenvalue weighted by atomic mass is 32.1. The quantitative estimate of drug-likeness (QED) is 0.818. The molecule has 0 atom stereocenters. The number of aromatic carboxylic acids is 1. The number of hydrogen-bond donors (Lipinski definition) is 1. The van der Waals surface area contributed by atoms with E-state index in [9.17, 15) is 9.59 Å². The van der Waals surface area contributed by atoms with Gasteiger partial charge in [0.1, 0.15) is 0 Å². The van der Waals surface area contributed by atoms with E-state index in [1.54, 1.807) is 12.1 Å². The molecule has 0 aromatic carbocycles. The lowest BCUT2D eigenvalue weighted by Crippen LogP contribution is -2.02. The van der Waals surface area contributed by atoms with Crippen LogP contribution in [0.2, 0.25) is 0 Å². The van der Waals surface area contributed by atoms with Crippen molar-refractivity contribution in [2.45, 2.75) is 0 Å². The summed E-state index contributed by atoms with van der Waals surface area (Å²) in [5.74, 6) is -1.40. The summed E-state index contributed by atoms with van der Waals surface area (Å²) in [7, 11) is 0. The Bertz CT molecular complexity index is 533. The summed E-state index contributed by atoms with van der Waals surface area (Å²) in [6, 6.07) is 3.46. The predicted molar refractivity (Wildman–Crippen MR) is 57.7 cm³/mol. The molecule has 1 N–H and O–H groups in total. The van der Waals surface area contributed by atoms with Crippen molar-refractivity contribution in [2.24, 2.45) is 0 Å². The maximum atomic E-state index is 10.5. The third-order valence-corrected chi connectivity index (χ3v) is 2.93. The Kier molecular flexibility index (Phi) is 2.74. The molecule has 0 spiro atoms. The zero-order chi connectivity index (χ0) is 11.5. The van der Waals surface area contributed by atoms with Gasteiger partial charge < -0.3 is 5.11 Å². The number of hydrogen-bond acceptors (Lipinski definition) is 5. The molecule has 6 heteroatoms. The second kappa shape index (κ2) is 4.19. The van der Waals surface area contributed by atoms with E-state index >= 15 is 0 Å². The van der Waals surface area contributed by atoms with Crippen molar-refractivity contribution < 1.29 is 14.7 Å². The van der Waals surface area contributed by atoms with E-state index in [1.807, 2.05) is 0 Å². The normalized spacial score (nSPS) is 10.0. The smallest absolute Gasteiger partial charge is 0.373 e. The van der Waals surface area contributed by atoms with Crippen molar-refractivity contribution in [3.63, 3.8) is 0 Å². The van der Waals surface area contributed by atoms with Gasteiger partial charge in [-0.2, -0.15) is 0 Å². The van der Waals surface area contributed by atoms with E-state index in [0.29, 0.717) is 10.4 Å². The zero-order valence-electron chi connectivity index (χ0n) is 7.95. The molecule has 5 nitrogen and oxygen atoms in total. The van der Waals surface area contributed by atoms with Crippen molar-refractivity contribution in [3.8, 4) is 10.4 Å². The van der Waals surface area contributed by atoms with Crippen LogP contribution in [0.25, 0.3) is 10.4 Å². The molecule has 0 bridgehead atoms. The van der Waals surface area contributed by atoms with E-state index in [-0.39, 0.29) is 5.82 Å². The summed E-state index contributed by atoms with van der Waals surface area (Å²) in [4.78, 5) is 29.9. The van der Waals surface area contributed by atoms with E-state index in [0.717, 1.165) is 11.2 Å². The first-order valence-electron chi connectivity index (χ1n) is 4.31. The Labute approximate surface area is 94.4 Å². The maximum absolute atomic E-state index is 10.5. The zero-order valence-corrected chi connectivity index (χ0v) is 8.77. The van der Waals surface area contributed by atoms with Crippen LogP contribution >= 0.6 is 11.3 Å². The van der Waals surface area contributed by atoms with Crippen LogP contribution in [-0.4, -0.2) is 27.3 Å². The molecule has 0 radical (unpaired) electrons. The largest absolute Gasteiger partial charge is 0.475 e. The third kappa shape index (κ3) is 1.96. The topological polar surface area (TPSA) is 80.2 Å². The first-order chi connectivity index (χ1) is 7.70. The molecule has 2 aromatic rings. The highest BCUT2D eigenvalue weighted by molar-refractivity contribution is 7.17. The fourth-order valence-electron chi connectivity index (χ4n) is 1.14. The Hall–Kier alpha value is -2.08. The van der Waals surface area contributed by atoms with Crippen LogP contribution in [0.3, 0.4) is 0 Å². The number of carbonyl (C=O) groups is 2. The summed E-state index contributed by atoms with van der Waals surface area (Å²) in [6.07, 6.45) is 3.62. The molecular weight excluding hydrogens is 228 g/mol. The Morgan fingerprint density at radius 1 is 1.31 bits per heavy atom. The molecule has 16 heavy (non-hydrogen) atoms. The van der Waals surface area contributed by atoms with Crippen LogP contribution in [0, 0.1) is 0 Å². The standard InChI is InChI=1S/C10H6N2O3S/c13-5-7-1-2-8(16-7)6-3-11-9(10(14)15)12-4-6/h1-5H,(H,14,15). The second-order valence-corrected chi connectivity index (χ2v) is 4.04. The van der Waals surface area contributed by atoms with Gasteiger partial charge in [0, 0.05) is 22.8 Å². The number of carbonyl (C=O) groups excluding carboxylic acids is 1. The number of aromatic nitrogens is 2. The molecule has 0 aliphatic carbocycles. The fraction of sp³-hybridized carbons (Fsp3) is 0. The van der Waals surface area contributed by atoms with Crippen LogP contribution in [0.15, 0.2) is 24.5 Å². The molecule has 2 rings (SSSR count). The summed E-state index contributed by atoms with van der Waals surface area (Å²) < 4.78 is 0. The Balaban J connectivity index is 2.34. The first kappa shape index (κ1) is 10.4. The molecule has 0 saturated carbocycles. The van der Waals surface area contributed by atoms with Crippen molar-refractivity contribution in [1.29, 1.82) is 0 Å². The molecule has 80 valence electrons. The van der Waals surface area contributed by atoms with Crippen molar-refractivity contribution in [3.05, 3.63) is 35.2 Å². The third-order valence-electron chi connectivity index (χ3n) is 1.87. The molecule has 0 aliphatic rings. The van der Waals surface area contributed by atoms with Gasteiger partial charge in [-0.1, -0.05) is 0 Å². The summed E-state index contributed by atoms with van der Waals surface area (Å²) in [5.41, 5.74) is 0.697. The predicted octanol–water partition coefficient (Wildman–Crippen LogP) is 1.72. The number of carboxylic acid groups (broad SMARTS) is 1. The van der Waals surface area contributed by atoms with Gasteiger partial charge in [0.2, 0.25) is 5.82 Å². The molecule has 0 amide bonds. The number of rotatable bonds is 3. The van der Waals surface area contributed by atoms with E-state index in [1.165, 1.54) is 23.7 Å². The van der Waals surface area contributed by atoms with Crippen LogP contribution in [0.5, 0.6) is 0 Å². The van der Waals surface area contributed by atoms with Gasteiger partial charge in [-0.3, -0.25) is 4.79 Å². The molecule has 2 aromatic heterocycles. The monoisotopic (exact) mass is 234 g/mol. The van der Waals surface area contributed by atoms with Gasteiger partial charge in [-0.15, -0.1) is 11.3 Å². The minimum atomic E-state index is -1.16. The molecule has 2 heterocycles. The minimum Gasteiger partial charge on any atom is -0.475 e. The molecule has 0 unspecified atom stereocenters. The van der Waals surface area contributed by atoms with Gasteiger partial charge in [0.05, 0.1) is 4.88 Å². The first-order valence-corrected chi connectivity index (χ1v) is 5.13. The lowest BCUT2D eigenvalue weighted by Gasteiger charge is -1.96. The summed E-state index contributed by atoms with van der Waals surface area (Å²) in [6.45, 7) is 0. The van der Waals surface area contributed by atoms with Crippen LogP contribution in [0.4, 0.5) is 0 Å². The van der Waals surface area contributed by atoms with Gasteiger partial charge in [0.15, 0.2) is 6.29 Å². The molecular formula is C10H6N2O3S. The maximum Gasteiger partial charge on any atom is 0.373 e. The van der Waals surface area contributed by atoms with E-state index < -0.39 is 5.97 Å². The van der Waals surface area contributed by atoms with Crippen molar-refractivity contribution in [1.82, 2.24) is 9.97 Å². The number of aldehydes is 1. The highest BCUT2D eigenvalue weighted by Crippen LogP contribution is 2.25. The fourth-order valence-corrected chi connectivity index (χ4v) is 1.93. The van der Waals surface area contributed by atoms with Gasteiger partial charge in [-0.25, -0.2) is 14.8 Å².